The molecule has 2 aliphatic heterocycles. The molecule has 5 rings (SSSR count). The van der Waals surface area contributed by atoms with Crippen molar-refractivity contribution in [2.75, 3.05) is 30.3 Å². The van der Waals surface area contributed by atoms with E-state index in [0.717, 1.165) is 79.1 Å². The number of carbonyl (C=O) groups excluding carboxylic acids is 2. The predicted molar refractivity (Wildman–Crippen MR) is 125 cm³/mol. The number of H-pyrrole nitrogens is 1. The van der Waals surface area contributed by atoms with Crippen molar-refractivity contribution in [3.8, 4) is 11.4 Å². The van der Waals surface area contributed by atoms with Crippen LogP contribution < -0.4 is 21.3 Å². The van der Waals surface area contributed by atoms with E-state index in [1.54, 1.807) is 0 Å². The highest BCUT2D eigenvalue weighted by Crippen LogP contribution is 2.25. The van der Waals surface area contributed by atoms with E-state index in [4.69, 9.17) is 0 Å². The van der Waals surface area contributed by atoms with E-state index >= 15 is 0 Å². The molecular formula is C24H28N6O2. The summed E-state index contributed by atoms with van der Waals surface area (Å²) in [7, 11) is 0. The highest BCUT2D eigenvalue weighted by molar-refractivity contribution is 5.96. The Morgan fingerprint density at radius 3 is 2.44 bits per heavy atom. The number of hydrogen-bond acceptors (Lipinski definition) is 5. The minimum Gasteiger partial charge on any atom is -0.338 e. The minimum absolute atomic E-state index is 0.0116. The number of benzene rings is 2. The zero-order chi connectivity index (χ0) is 21.9. The molecule has 2 aliphatic rings. The molecule has 0 saturated carbocycles. The van der Waals surface area contributed by atoms with Gasteiger partial charge in [-0.3, -0.25) is 9.59 Å². The zero-order valence-corrected chi connectivity index (χ0v) is 17.9. The Hall–Kier alpha value is -3.23. The number of hydrogen-bond donors (Lipinski definition) is 5. The van der Waals surface area contributed by atoms with Gasteiger partial charge in [-0.2, -0.15) is 0 Å². The zero-order valence-electron chi connectivity index (χ0n) is 17.9. The topological polar surface area (TPSA) is 111 Å². The van der Waals surface area contributed by atoms with Crippen LogP contribution in [0.2, 0.25) is 0 Å². The van der Waals surface area contributed by atoms with Crippen LogP contribution in [-0.4, -0.2) is 47.5 Å². The molecule has 0 aliphatic carbocycles. The predicted octanol–water partition coefficient (Wildman–Crippen LogP) is 2.86. The number of rotatable bonds is 5. The van der Waals surface area contributed by atoms with Gasteiger partial charge in [-0.25, -0.2) is 4.98 Å². The molecule has 1 aromatic heterocycles. The van der Waals surface area contributed by atoms with Crippen molar-refractivity contribution in [3.05, 3.63) is 42.5 Å². The number of piperidine rings is 1. The quantitative estimate of drug-likeness (QED) is 0.426. The Bertz CT molecular complexity index is 1110. The van der Waals surface area contributed by atoms with Gasteiger partial charge in [-0.1, -0.05) is 0 Å². The first-order valence-corrected chi connectivity index (χ1v) is 11.3. The first-order chi connectivity index (χ1) is 15.7. The molecule has 2 fully saturated rings. The fourth-order valence-electron chi connectivity index (χ4n) is 4.39. The first kappa shape index (κ1) is 20.7. The molecule has 5 N–H and O–H groups in total. The molecule has 8 nitrogen and oxygen atoms in total. The van der Waals surface area contributed by atoms with Gasteiger partial charge in [-0.15, -0.1) is 0 Å². The second-order valence-corrected chi connectivity index (χ2v) is 8.57. The van der Waals surface area contributed by atoms with Crippen LogP contribution in [0.3, 0.4) is 0 Å². The fourth-order valence-corrected chi connectivity index (χ4v) is 4.39. The lowest BCUT2D eigenvalue weighted by Crippen LogP contribution is -2.37. The van der Waals surface area contributed by atoms with Gasteiger partial charge in [0, 0.05) is 23.5 Å². The molecule has 2 amide bonds. The van der Waals surface area contributed by atoms with E-state index in [1.165, 1.54) is 0 Å². The Morgan fingerprint density at radius 2 is 1.69 bits per heavy atom. The molecule has 2 atom stereocenters. The lowest BCUT2D eigenvalue weighted by Gasteiger charge is -2.21. The van der Waals surface area contributed by atoms with E-state index in [1.807, 2.05) is 42.5 Å². The summed E-state index contributed by atoms with van der Waals surface area (Å²) >= 11 is 0. The first-order valence-electron chi connectivity index (χ1n) is 11.3. The van der Waals surface area contributed by atoms with E-state index in [9.17, 15) is 9.59 Å². The van der Waals surface area contributed by atoms with Crippen LogP contribution in [0.25, 0.3) is 22.4 Å². The van der Waals surface area contributed by atoms with Crippen molar-refractivity contribution in [3.63, 3.8) is 0 Å². The number of amides is 2. The number of carbonyl (C=O) groups is 2. The second kappa shape index (κ2) is 9.10. The summed E-state index contributed by atoms with van der Waals surface area (Å²) in [5.74, 6) is 0.829. The lowest BCUT2D eigenvalue weighted by atomic mass is 9.99. The van der Waals surface area contributed by atoms with E-state index in [0.29, 0.717) is 0 Å². The Morgan fingerprint density at radius 1 is 0.906 bits per heavy atom. The third-order valence-electron chi connectivity index (χ3n) is 6.22. The maximum Gasteiger partial charge on any atom is 0.241 e. The maximum atomic E-state index is 12.5. The van der Waals surface area contributed by atoms with Gasteiger partial charge in [0.05, 0.1) is 23.0 Å². The molecule has 0 spiro atoms. The number of aromatic nitrogens is 2. The second-order valence-electron chi connectivity index (χ2n) is 8.57. The highest BCUT2D eigenvalue weighted by Gasteiger charge is 2.22. The van der Waals surface area contributed by atoms with E-state index < -0.39 is 0 Å². The smallest absolute Gasteiger partial charge is 0.241 e. The van der Waals surface area contributed by atoms with Gasteiger partial charge >= 0.3 is 0 Å². The standard InChI is InChI=1S/C24H28N6O2/c31-23(16-3-1-11-25-14-16)28-18-9-10-19-21(13-18)30-22(29-19)15-5-7-17(8-6-15)27-24(32)20-4-2-12-26-20/h5-10,13,16,20,25-26H,1-4,11-12,14H2,(H,27,32)(H,28,31)(H,29,30). The molecule has 0 radical (unpaired) electrons. The Kier molecular flexibility index (Phi) is 5.87. The largest absolute Gasteiger partial charge is 0.338 e. The number of imidazole rings is 1. The van der Waals surface area contributed by atoms with Crippen LogP contribution in [-0.2, 0) is 9.59 Å². The minimum atomic E-state index is -0.103. The van der Waals surface area contributed by atoms with Crippen molar-refractivity contribution in [2.45, 2.75) is 31.7 Å². The third kappa shape index (κ3) is 4.51. The number of fused-ring (bicyclic) bond motifs is 1. The van der Waals surface area contributed by atoms with E-state index in [-0.39, 0.29) is 23.8 Å². The Labute approximate surface area is 186 Å². The van der Waals surface area contributed by atoms with Crippen LogP contribution in [0.1, 0.15) is 25.7 Å². The third-order valence-corrected chi connectivity index (χ3v) is 6.22. The Balaban J connectivity index is 1.27. The van der Waals surface area contributed by atoms with Crippen molar-refractivity contribution < 1.29 is 9.59 Å². The average molecular weight is 433 g/mol. The summed E-state index contributed by atoms with van der Waals surface area (Å²) in [6, 6.07) is 13.3. The fraction of sp³-hybridized carbons (Fsp3) is 0.375. The summed E-state index contributed by atoms with van der Waals surface area (Å²) in [4.78, 5) is 32.8. The van der Waals surface area contributed by atoms with Gasteiger partial charge in [0.1, 0.15) is 5.82 Å². The van der Waals surface area contributed by atoms with Crippen LogP contribution in [0, 0.1) is 5.92 Å². The molecule has 2 aromatic carbocycles. The molecule has 2 saturated heterocycles. The van der Waals surface area contributed by atoms with Crippen molar-refractivity contribution in [1.29, 1.82) is 0 Å². The van der Waals surface area contributed by atoms with Crippen molar-refractivity contribution in [1.82, 2.24) is 20.6 Å². The number of aromatic amines is 1. The summed E-state index contributed by atoms with van der Waals surface area (Å²) in [5.41, 5.74) is 4.16. The SMILES string of the molecule is O=C(Nc1ccc2nc(-c3ccc(NC(=O)C4CCCN4)cc3)[nH]c2c1)C1CCCNC1. The summed E-state index contributed by atoms with van der Waals surface area (Å²) < 4.78 is 0. The van der Waals surface area contributed by atoms with Crippen molar-refractivity contribution in [2.24, 2.45) is 5.92 Å². The summed E-state index contributed by atoms with van der Waals surface area (Å²) in [6.45, 7) is 2.61. The van der Waals surface area contributed by atoms with Crippen molar-refractivity contribution >= 4 is 34.2 Å². The van der Waals surface area contributed by atoms with Gasteiger partial charge < -0.3 is 26.3 Å². The number of nitrogens with zero attached hydrogens (tertiary/aromatic N) is 1. The molecular weight excluding hydrogens is 404 g/mol. The van der Waals surface area contributed by atoms with Gasteiger partial charge in [0.2, 0.25) is 11.8 Å². The molecule has 3 heterocycles. The molecule has 32 heavy (non-hydrogen) atoms. The molecule has 166 valence electrons. The molecule has 0 bridgehead atoms. The molecule has 8 heteroatoms. The maximum absolute atomic E-state index is 12.5. The van der Waals surface area contributed by atoms with E-state index in [2.05, 4.69) is 31.2 Å². The normalized spacial score (nSPS) is 20.9. The van der Waals surface area contributed by atoms with Gasteiger partial charge in [-0.05, 0) is 81.2 Å². The number of anilines is 2. The number of nitrogens with one attached hydrogen (secondary N) is 5. The summed E-state index contributed by atoms with van der Waals surface area (Å²) in [6.07, 6.45) is 3.86. The monoisotopic (exact) mass is 432 g/mol. The van der Waals surface area contributed by atoms with Crippen LogP contribution in [0.15, 0.2) is 42.5 Å². The van der Waals surface area contributed by atoms with Crippen LogP contribution in [0.5, 0.6) is 0 Å². The molecule has 3 aromatic rings. The summed E-state index contributed by atoms with van der Waals surface area (Å²) in [5, 5.41) is 12.5. The average Bonchev–Trinajstić information content (AvgIpc) is 3.50. The highest BCUT2D eigenvalue weighted by atomic mass is 16.2. The van der Waals surface area contributed by atoms with Crippen LogP contribution in [0.4, 0.5) is 11.4 Å². The lowest BCUT2D eigenvalue weighted by molar-refractivity contribution is -0.120. The van der Waals surface area contributed by atoms with Gasteiger partial charge in [0.25, 0.3) is 0 Å². The van der Waals surface area contributed by atoms with Crippen LogP contribution >= 0.6 is 0 Å². The van der Waals surface area contributed by atoms with Gasteiger partial charge in [0.15, 0.2) is 0 Å². The molecule has 2 unspecified atom stereocenters.